The van der Waals surface area contributed by atoms with E-state index >= 15 is 0 Å². The van der Waals surface area contributed by atoms with Crippen molar-refractivity contribution >= 4 is 11.7 Å². The Morgan fingerprint density at radius 3 is 2.95 bits per heavy atom. The lowest BCUT2D eigenvalue weighted by Gasteiger charge is -2.10. The normalized spacial score (nSPS) is 15.9. The topological polar surface area (TPSA) is 67.1 Å². The molecule has 19 heavy (non-hydrogen) atoms. The van der Waals surface area contributed by atoms with Gasteiger partial charge in [0.25, 0.3) is 0 Å². The minimum Gasteiger partial charge on any atom is -0.338 e. The van der Waals surface area contributed by atoms with Gasteiger partial charge in [0.2, 0.25) is 0 Å². The molecule has 2 rings (SSSR count). The SMILES string of the molecule is CC(N)c1cccc(NC(=O)NCCCC2CC2)c1. The van der Waals surface area contributed by atoms with E-state index in [4.69, 9.17) is 5.73 Å². The maximum atomic E-state index is 11.7. The van der Waals surface area contributed by atoms with Crippen molar-refractivity contribution in [2.45, 2.75) is 38.6 Å². The molecule has 2 amide bonds. The summed E-state index contributed by atoms with van der Waals surface area (Å²) < 4.78 is 0. The van der Waals surface area contributed by atoms with Crippen LogP contribution in [-0.4, -0.2) is 12.6 Å². The van der Waals surface area contributed by atoms with Gasteiger partial charge in [-0.15, -0.1) is 0 Å². The number of anilines is 1. The first-order valence-corrected chi connectivity index (χ1v) is 7.05. The van der Waals surface area contributed by atoms with Gasteiger partial charge >= 0.3 is 6.03 Å². The lowest BCUT2D eigenvalue weighted by Crippen LogP contribution is -2.29. The summed E-state index contributed by atoms with van der Waals surface area (Å²) in [5.41, 5.74) is 7.62. The molecule has 104 valence electrons. The molecule has 0 bridgehead atoms. The molecule has 4 N–H and O–H groups in total. The third kappa shape index (κ3) is 4.91. The molecule has 0 spiro atoms. The minimum atomic E-state index is -0.141. The third-order valence-electron chi connectivity index (χ3n) is 3.44. The highest BCUT2D eigenvalue weighted by Crippen LogP contribution is 2.33. The fraction of sp³-hybridized carbons (Fsp3) is 0.533. The summed E-state index contributed by atoms with van der Waals surface area (Å²) in [6.45, 7) is 2.67. The summed E-state index contributed by atoms with van der Waals surface area (Å²) in [5.74, 6) is 0.924. The molecule has 1 unspecified atom stereocenters. The highest BCUT2D eigenvalue weighted by atomic mass is 16.2. The summed E-state index contributed by atoms with van der Waals surface area (Å²) in [7, 11) is 0. The van der Waals surface area contributed by atoms with Gasteiger partial charge in [0.1, 0.15) is 0 Å². The molecule has 1 atom stereocenters. The number of nitrogens with two attached hydrogens (primary N) is 1. The Morgan fingerprint density at radius 2 is 2.26 bits per heavy atom. The van der Waals surface area contributed by atoms with Crippen LogP contribution in [0.25, 0.3) is 0 Å². The number of hydrogen-bond donors (Lipinski definition) is 3. The van der Waals surface area contributed by atoms with E-state index in [0.29, 0.717) is 0 Å². The number of carbonyl (C=O) groups is 1. The van der Waals surface area contributed by atoms with Gasteiger partial charge < -0.3 is 16.4 Å². The molecule has 0 aliphatic heterocycles. The van der Waals surface area contributed by atoms with Crippen molar-refractivity contribution in [1.29, 1.82) is 0 Å². The van der Waals surface area contributed by atoms with Gasteiger partial charge in [-0.05, 0) is 43.4 Å². The van der Waals surface area contributed by atoms with Crippen LogP contribution in [0, 0.1) is 5.92 Å². The first-order valence-electron chi connectivity index (χ1n) is 7.05. The van der Waals surface area contributed by atoms with Crippen molar-refractivity contribution in [2.24, 2.45) is 11.7 Å². The van der Waals surface area contributed by atoms with Crippen LogP contribution in [0.2, 0.25) is 0 Å². The standard InChI is InChI=1S/C15H23N3O/c1-11(16)13-5-2-6-14(10-13)18-15(19)17-9-3-4-12-7-8-12/h2,5-6,10-12H,3-4,7-9,16H2,1H3,(H2,17,18,19). The first kappa shape index (κ1) is 13.9. The van der Waals surface area contributed by atoms with Crippen molar-refractivity contribution in [3.8, 4) is 0 Å². The summed E-state index contributed by atoms with van der Waals surface area (Å²) in [5, 5.41) is 5.72. The number of nitrogens with one attached hydrogen (secondary N) is 2. The molecule has 1 aromatic rings. The van der Waals surface area contributed by atoms with Gasteiger partial charge in [-0.25, -0.2) is 4.79 Å². The van der Waals surface area contributed by atoms with Crippen LogP contribution in [0.1, 0.15) is 44.2 Å². The molecule has 4 nitrogen and oxygen atoms in total. The zero-order chi connectivity index (χ0) is 13.7. The second-order valence-electron chi connectivity index (χ2n) is 5.38. The summed E-state index contributed by atoms with van der Waals surface area (Å²) >= 11 is 0. The van der Waals surface area contributed by atoms with Crippen molar-refractivity contribution < 1.29 is 4.79 Å². The van der Waals surface area contributed by atoms with Crippen molar-refractivity contribution in [3.05, 3.63) is 29.8 Å². The average Bonchev–Trinajstić information content (AvgIpc) is 3.19. The predicted octanol–water partition coefficient (Wildman–Crippen LogP) is 3.02. The van der Waals surface area contributed by atoms with E-state index in [-0.39, 0.29) is 12.1 Å². The Balaban J connectivity index is 1.72. The zero-order valence-corrected chi connectivity index (χ0v) is 11.5. The summed E-state index contributed by atoms with van der Waals surface area (Å²) in [6.07, 6.45) is 5.05. The number of hydrogen-bond acceptors (Lipinski definition) is 2. The van der Waals surface area contributed by atoms with Gasteiger partial charge in [0.15, 0.2) is 0 Å². The van der Waals surface area contributed by atoms with Crippen LogP contribution in [0.15, 0.2) is 24.3 Å². The molecule has 1 fully saturated rings. The molecular formula is C15H23N3O. The third-order valence-corrected chi connectivity index (χ3v) is 3.44. The Hall–Kier alpha value is -1.55. The lowest BCUT2D eigenvalue weighted by atomic mass is 10.1. The quantitative estimate of drug-likeness (QED) is 0.689. The van der Waals surface area contributed by atoms with Crippen LogP contribution in [0.3, 0.4) is 0 Å². The summed E-state index contributed by atoms with van der Waals surface area (Å²) in [4.78, 5) is 11.7. The Kier molecular flexibility index (Phi) is 4.80. The Morgan fingerprint density at radius 1 is 1.47 bits per heavy atom. The molecule has 0 aromatic heterocycles. The van der Waals surface area contributed by atoms with E-state index in [0.717, 1.165) is 30.1 Å². The highest BCUT2D eigenvalue weighted by molar-refractivity contribution is 5.89. The van der Waals surface area contributed by atoms with Gasteiger partial charge in [0.05, 0.1) is 0 Å². The van der Waals surface area contributed by atoms with Gasteiger partial charge in [-0.3, -0.25) is 0 Å². The fourth-order valence-corrected chi connectivity index (χ4v) is 2.07. The largest absolute Gasteiger partial charge is 0.338 e. The molecule has 1 saturated carbocycles. The number of amides is 2. The van der Waals surface area contributed by atoms with E-state index in [1.165, 1.54) is 19.3 Å². The molecular weight excluding hydrogens is 238 g/mol. The number of urea groups is 1. The molecule has 1 aliphatic rings. The number of rotatable bonds is 6. The van der Waals surface area contributed by atoms with Gasteiger partial charge in [-0.1, -0.05) is 25.0 Å². The maximum absolute atomic E-state index is 11.7. The first-order chi connectivity index (χ1) is 9.15. The molecule has 0 saturated heterocycles. The fourth-order valence-electron chi connectivity index (χ4n) is 2.07. The van der Waals surface area contributed by atoms with E-state index in [1.807, 2.05) is 31.2 Å². The minimum absolute atomic E-state index is 0.0247. The number of carbonyl (C=O) groups excluding carboxylic acids is 1. The Labute approximate surface area is 114 Å². The molecule has 0 heterocycles. The Bertz CT molecular complexity index is 427. The van der Waals surface area contributed by atoms with Crippen LogP contribution in [0.4, 0.5) is 10.5 Å². The van der Waals surface area contributed by atoms with Gasteiger partial charge in [-0.2, -0.15) is 0 Å². The van der Waals surface area contributed by atoms with Crippen LogP contribution in [-0.2, 0) is 0 Å². The van der Waals surface area contributed by atoms with Crippen LogP contribution < -0.4 is 16.4 Å². The lowest BCUT2D eigenvalue weighted by molar-refractivity contribution is 0.252. The number of benzene rings is 1. The van der Waals surface area contributed by atoms with Crippen LogP contribution in [0.5, 0.6) is 0 Å². The average molecular weight is 261 g/mol. The second-order valence-corrected chi connectivity index (χ2v) is 5.38. The van der Waals surface area contributed by atoms with E-state index in [1.54, 1.807) is 0 Å². The van der Waals surface area contributed by atoms with E-state index in [9.17, 15) is 4.79 Å². The second kappa shape index (κ2) is 6.57. The monoisotopic (exact) mass is 261 g/mol. The molecule has 0 radical (unpaired) electrons. The van der Waals surface area contributed by atoms with Crippen molar-refractivity contribution in [3.63, 3.8) is 0 Å². The highest BCUT2D eigenvalue weighted by Gasteiger charge is 2.20. The predicted molar refractivity (Wildman–Crippen MR) is 78.0 cm³/mol. The van der Waals surface area contributed by atoms with Crippen molar-refractivity contribution in [1.82, 2.24) is 5.32 Å². The van der Waals surface area contributed by atoms with E-state index < -0.39 is 0 Å². The van der Waals surface area contributed by atoms with Gasteiger partial charge in [0, 0.05) is 18.3 Å². The molecule has 1 aromatic carbocycles. The molecule has 1 aliphatic carbocycles. The van der Waals surface area contributed by atoms with E-state index in [2.05, 4.69) is 10.6 Å². The zero-order valence-electron chi connectivity index (χ0n) is 11.5. The smallest absolute Gasteiger partial charge is 0.319 e. The maximum Gasteiger partial charge on any atom is 0.319 e. The summed E-state index contributed by atoms with van der Waals surface area (Å²) in [6, 6.07) is 7.48. The van der Waals surface area contributed by atoms with Crippen molar-refractivity contribution in [2.75, 3.05) is 11.9 Å². The molecule has 4 heteroatoms. The van der Waals surface area contributed by atoms with Crippen LogP contribution >= 0.6 is 0 Å².